The van der Waals surface area contributed by atoms with E-state index in [0.717, 1.165) is 56.3 Å². The molecule has 0 bridgehead atoms. The molecule has 4 N–H and O–H groups in total. The van der Waals surface area contributed by atoms with Gasteiger partial charge >= 0.3 is 29.6 Å². The molecule has 0 saturated heterocycles. The number of carbonyl (C=O) groups excluding carboxylic acids is 1. The smallest absolute Gasteiger partial charge is 0.444 e. The molecule has 0 saturated carbocycles. The van der Waals surface area contributed by atoms with Gasteiger partial charge in [0.2, 0.25) is 5.88 Å². The van der Waals surface area contributed by atoms with Crippen LogP contribution >= 0.6 is 11.6 Å². The van der Waals surface area contributed by atoms with Gasteiger partial charge in [0, 0.05) is 89.8 Å². The zero-order valence-corrected chi connectivity index (χ0v) is 43.6. The van der Waals surface area contributed by atoms with E-state index in [9.17, 15) is 18.0 Å². The van der Waals surface area contributed by atoms with E-state index in [-0.39, 0.29) is 65.5 Å². The van der Waals surface area contributed by atoms with Crippen molar-refractivity contribution in [1.29, 1.82) is 5.26 Å². The summed E-state index contributed by atoms with van der Waals surface area (Å²) in [4.78, 5) is 37.3. The van der Waals surface area contributed by atoms with Crippen molar-refractivity contribution < 1.29 is 67.0 Å². The first-order valence-corrected chi connectivity index (χ1v) is 22.2. The molecule has 3 aromatic carbocycles. The Morgan fingerprint density at radius 1 is 0.658 bits per heavy atom. The van der Waals surface area contributed by atoms with Gasteiger partial charge in [0.25, 0.3) is 0 Å². The van der Waals surface area contributed by atoms with Crippen molar-refractivity contribution in [2.75, 3.05) is 5.73 Å². The van der Waals surface area contributed by atoms with Gasteiger partial charge in [0.05, 0.1) is 24.3 Å². The monoisotopic (exact) mass is 1100 g/mol. The predicted molar refractivity (Wildman–Crippen MR) is 288 cm³/mol. The third kappa shape index (κ3) is 23.3. The molecule has 0 aliphatic heterocycles. The van der Waals surface area contributed by atoms with Crippen molar-refractivity contribution in [3.05, 3.63) is 252 Å². The molecule has 396 valence electrons. The zero-order valence-electron chi connectivity index (χ0n) is 40.9. The Morgan fingerprint density at radius 2 is 1.15 bits per heavy atom. The Bertz CT molecular complexity index is 3360. The van der Waals surface area contributed by atoms with Crippen LogP contribution < -0.4 is 35.3 Å². The number of nitrogens with two attached hydrogens (primary N) is 1. The normalized spacial score (nSPS) is 9.68. The number of benzene rings is 3. The van der Waals surface area contributed by atoms with Gasteiger partial charge in [-0.15, -0.1) is 5.34 Å². The predicted octanol–water partition coefficient (Wildman–Crippen LogP) is 9.69. The summed E-state index contributed by atoms with van der Waals surface area (Å²) < 4.78 is 48.2. The van der Waals surface area contributed by atoms with Crippen LogP contribution in [0.2, 0.25) is 0 Å². The number of aldehydes is 1. The molecular weight excluding hydrogens is 1060 g/mol. The van der Waals surface area contributed by atoms with E-state index < -0.39 is 0 Å². The van der Waals surface area contributed by atoms with E-state index in [4.69, 9.17) is 52.2 Å². The van der Waals surface area contributed by atoms with Crippen LogP contribution in [-0.2, 0) is 6.42 Å². The minimum absolute atomic E-state index is 0. The molecule has 19 nitrogen and oxygen atoms in total. The van der Waals surface area contributed by atoms with Crippen LogP contribution in [0.3, 0.4) is 0 Å². The van der Waals surface area contributed by atoms with Crippen LogP contribution in [-0.4, -0.2) is 63.3 Å². The van der Waals surface area contributed by atoms with Gasteiger partial charge in [0.1, 0.15) is 41.4 Å². The molecule has 0 spiro atoms. The van der Waals surface area contributed by atoms with Crippen LogP contribution in [0.4, 0.5) is 19.1 Å². The summed E-state index contributed by atoms with van der Waals surface area (Å²) in [6.45, 7) is 0. The third-order valence-corrected chi connectivity index (χ3v) is 9.72. The van der Waals surface area contributed by atoms with Crippen molar-refractivity contribution >= 4 is 35.2 Å². The summed E-state index contributed by atoms with van der Waals surface area (Å²) in [6, 6.07) is 37.5. The molecule has 0 unspecified atom stereocenters. The number of hydrogen-bond donors (Lipinski definition) is 3. The zero-order chi connectivity index (χ0) is 55.5. The van der Waals surface area contributed by atoms with Crippen molar-refractivity contribution in [3.8, 4) is 50.8 Å². The quantitative estimate of drug-likeness (QED) is 0.0318. The van der Waals surface area contributed by atoms with Gasteiger partial charge in [-0.05, 0) is 131 Å². The molecule has 79 heavy (non-hydrogen) atoms. The third-order valence-electron chi connectivity index (χ3n) is 9.42. The fourth-order valence-electron chi connectivity index (χ4n) is 5.88. The Morgan fingerprint density at radius 3 is 1.62 bits per heavy atom. The van der Waals surface area contributed by atoms with Crippen molar-refractivity contribution in [2.24, 2.45) is 15.7 Å². The topological polar surface area (TPSA) is 301 Å². The Kier molecular flexibility index (Phi) is 31.3. The Hall–Kier alpha value is -9.79. The maximum Gasteiger partial charge on any atom is 1.00 e. The van der Waals surface area contributed by atoms with Gasteiger partial charge in [-0.25, -0.2) is 13.2 Å². The molecular formula is C55H45ClF3N12NaO7. The molecule has 0 fully saturated rings. The number of hydrogen-bond acceptors (Lipinski definition) is 19. The molecule has 0 radical (unpaired) electrons. The van der Waals surface area contributed by atoms with Crippen molar-refractivity contribution in [3.63, 3.8) is 0 Å². The average Bonchev–Trinajstić information content (AvgIpc) is 4.16. The van der Waals surface area contributed by atoms with Crippen LogP contribution in [0.25, 0.3) is 44.8 Å². The number of oxime groups is 2. The average molecular weight is 1100 g/mol. The van der Waals surface area contributed by atoms with Crippen molar-refractivity contribution in [2.45, 2.75) is 13.8 Å². The summed E-state index contributed by atoms with van der Waals surface area (Å²) in [5, 5.41) is 47.0. The van der Waals surface area contributed by atoms with E-state index in [1.807, 2.05) is 30.3 Å². The van der Waals surface area contributed by atoms with Gasteiger partial charge in [0.15, 0.2) is 5.17 Å². The number of carbonyl (C=O) groups is 1. The minimum atomic E-state index is -0.351. The molecule has 10 aromatic rings. The van der Waals surface area contributed by atoms with Crippen LogP contribution in [0, 0.1) is 38.9 Å². The van der Waals surface area contributed by atoms with Crippen molar-refractivity contribution in [1.82, 2.24) is 35.2 Å². The second-order valence-corrected chi connectivity index (χ2v) is 14.8. The number of pyridine rings is 5. The molecule has 0 aliphatic carbocycles. The van der Waals surface area contributed by atoms with E-state index in [1.165, 1.54) is 54.7 Å². The summed E-state index contributed by atoms with van der Waals surface area (Å²) in [5.74, 6) is -0.719. The second-order valence-electron chi connectivity index (χ2n) is 14.4. The summed E-state index contributed by atoms with van der Waals surface area (Å²) in [6.07, 6.45) is 20.7. The summed E-state index contributed by atoms with van der Waals surface area (Å²) in [7, 11) is 0. The first-order valence-electron chi connectivity index (χ1n) is 21.8. The number of aromatic nitrogens is 7. The Balaban J connectivity index is 0.000000330. The maximum atomic E-state index is 13.0. The minimum Gasteiger partial charge on any atom is -0.444 e. The largest absolute Gasteiger partial charge is 1.00 e. The first kappa shape index (κ1) is 65.3. The molecule has 0 atom stereocenters. The number of halogens is 4. The van der Waals surface area contributed by atoms with Gasteiger partial charge in [-0.2, -0.15) is 5.26 Å². The molecule has 0 amide bonds. The van der Waals surface area contributed by atoms with E-state index in [0.29, 0.717) is 28.8 Å². The van der Waals surface area contributed by atoms with E-state index >= 15 is 0 Å². The SMILES string of the molecule is C.Fc1ccc(-c2conc2-c2ccncc2)cc1.N#CCc1ccncc1.Nc1onc(-c2cccnc2)c1-c1ccc(F)cc1.O/N=C(\Cl)c1ccc(F)cc1.O/N=C/c1ccncc1.O=Cc1ccncc1.O=N[O-].[Na+]. The van der Waals surface area contributed by atoms with Crippen LogP contribution in [0.1, 0.15) is 34.5 Å². The molecule has 10 rings (SSSR count). The molecule has 24 heteroatoms. The molecule has 7 aromatic heterocycles. The molecule has 7 heterocycles. The number of nitrogens with zero attached hydrogens (tertiary/aromatic N) is 11. The summed E-state index contributed by atoms with van der Waals surface area (Å²) >= 11 is 5.42. The summed E-state index contributed by atoms with van der Waals surface area (Å²) in [5.41, 5.74) is 14.9. The van der Waals surface area contributed by atoms with Gasteiger partial charge in [-0.1, -0.05) is 63.9 Å². The van der Waals surface area contributed by atoms with Crippen LogP contribution in [0.5, 0.6) is 0 Å². The maximum absolute atomic E-state index is 13.0. The van der Waals surface area contributed by atoms with Crippen LogP contribution in [0.15, 0.2) is 226 Å². The van der Waals surface area contributed by atoms with Gasteiger partial charge < -0.3 is 35.3 Å². The van der Waals surface area contributed by atoms with E-state index in [1.54, 1.807) is 123 Å². The van der Waals surface area contributed by atoms with Gasteiger partial charge in [-0.3, -0.25) is 29.7 Å². The number of rotatable bonds is 8. The standard InChI is InChI=1S/C14H10FN3O.C14H9FN2O.C7H5ClFNO.C7H6N2.C6H6N2O.C6H5NO.CH4.HNO2.Na/c15-11-5-3-9(4-6-11)12-13(18-19-14(12)16)10-2-1-7-17-8-10;15-12-3-1-10(2-4-12)13-9-18-17-14(13)11-5-7-16-8-6-11;8-7(10-11)5-1-3-6(9)4-2-5;8-4-1-7-2-5-9-6-3-7;9-8-5-6-1-3-7-4-2-6;8-5-6-1-3-7-4-2-6;;2-1-3;/h1-8H,16H2;1-9H;1-4,11H;2-3,5-6H,1H2;1-5,9H;1-5H;1H4;(H,2,3);/q;;;;;;;;+1/p-1/b;;10-7-;;8-5+;;;;. The molecule has 0 aliphatic rings. The second kappa shape index (κ2) is 37.9. The fraction of sp³-hybridized carbons (Fsp3) is 0.0364. The first-order chi connectivity index (χ1) is 37.5. The number of nitriles is 1. The fourth-order valence-corrected chi connectivity index (χ4v) is 6.01. The van der Waals surface area contributed by atoms with E-state index in [2.05, 4.69) is 51.6 Å². The number of nitrogen functional groups attached to an aromatic ring is 1. The number of anilines is 1. The Labute approximate surface area is 477 Å².